The van der Waals surface area contributed by atoms with Crippen LogP contribution in [0.4, 0.5) is 0 Å². The molecule has 17 heavy (non-hydrogen) atoms. The molecule has 2 nitrogen and oxygen atoms in total. The molecule has 1 N–H and O–H groups in total. The van der Waals surface area contributed by atoms with E-state index in [9.17, 15) is 0 Å². The van der Waals surface area contributed by atoms with Crippen molar-refractivity contribution in [3.63, 3.8) is 0 Å². The van der Waals surface area contributed by atoms with Crippen LogP contribution in [0.25, 0.3) is 10.8 Å². The highest BCUT2D eigenvalue weighted by atomic mass is 14.9. The first-order chi connectivity index (χ1) is 8.22. The summed E-state index contributed by atoms with van der Waals surface area (Å²) in [5.41, 5.74) is 1.19. The number of nitrogens with zero attached hydrogens (tertiary/aromatic N) is 1. The first-order valence-corrected chi connectivity index (χ1v) is 6.22. The smallest absolute Gasteiger partial charge is 0.0497 e. The van der Waals surface area contributed by atoms with E-state index in [1.807, 2.05) is 13.2 Å². The van der Waals surface area contributed by atoms with E-state index in [-0.39, 0.29) is 0 Å². The molecular formula is C15H20N2. The maximum Gasteiger partial charge on any atom is 0.0497 e. The van der Waals surface area contributed by atoms with Gasteiger partial charge in [-0.1, -0.05) is 38.1 Å². The third kappa shape index (κ3) is 2.64. The average Bonchev–Trinajstić information content (AvgIpc) is 2.35. The number of pyridine rings is 1. The molecule has 2 rings (SSSR count). The third-order valence-electron chi connectivity index (χ3n) is 3.34. The lowest BCUT2D eigenvalue weighted by molar-refractivity contribution is 0.422. The minimum atomic E-state index is 0.480. The molecule has 1 atom stereocenters. The summed E-state index contributed by atoms with van der Waals surface area (Å²) in [5.74, 6) is 0.612. The van der Waals surface area contributed by atoms with Crippen molar-refractivity contribution in [1.29, 1.82) is 0 Å². The number of nitrogens with one attached hydrogen (secondary N) is 1. The van der Waals surface area contributed by atoms with Gasteiger partial charge in [0.2, 0.25) is 0 Å². The fraction of sp³-hybridized carbons (Fsp3) is 0.400. The van der Waals surface area contributed by atoms with Gasteiger partial charge in [0.1, 0.15) is 0 Å². The second-order valence-electron chi connectivity index (χ2n) is 4.82. The van der Waals surface area contributed by atoms with Crippen molar-refractivity contribution in [2.75, 3.05) is 7.05 Å². The molecule has 2 aromatic rings. The van der Waals surface area contributed by atoms with E-state index in [0.29, 0.717) is 12.0 Å². The second kappa shape index (κ2) is 5.28. The zero-order valence-corrected chi connectivity index (χ0v) is 10.8. The molecule has 2 heteroatoms. The minimum absolute atomic E-state index is 0.480. The zero-order valence-electron chi connectivity index (χ0n) is 10.8. The Labute approximate surface area is 103 Å². The lowest BCUT2D eigenvalue weighted by Crippen LogP contribution is -2.33. The minimum Gasteiger partial charge on any atom is -0.316 e. The zero-order chi connectivity index (χ0) is 12.3. The van der Waals surface area contributed by atoms with Crippen LogP contribution in [-0.4, -0.2) is 18.1 Å². The molecule has 0 aliphatic heterocycles. The molecule has 1 aromatic carbocycles. The van der Waals surface area contributed by atoms with Crippen LogP contribution in [0.1, 0.15) is 19.5 Å². The van der Waals surface area contributed by atoms with Crippen molar-refractivity contribution in [1.82, 2.24) is 10.3 Å². The summed E-state index contributed by atoms with van der Waals surface area (Å²) in [5, 5.41) is 5.92. The van der Waals surface area contributed by atoms with Gasteiger partial charge in [0.25, 0.3) is 0 Å². The average molecular weight is 228 g/mol. The number of benzene rings is 1. The Balaban J connectivity index is 2.35. The molecular weight excluding hydrogens is 208 g/mol. The fourth-order valence-corrected chi connectivity index (χ4v) is 2.22. The van der Waals surface area contributed by atoms with Gasteiger partial charge in [-0.25, -0.2) is 0 Å². The van der Waals surface area contributed by atoms with E-state index < -0.39 is 0 Å². The highest BCUT2D eigenvalue weighted by molar-refractivity contribution is 5.84. The number of rotatable bonds is 4. The summed E-state index contributed by atoms with van der Waals surface area (Å²) in [6.45, 7) is 4.48. The summed E-state index contributed by atoms with van der Waals surface area (Å²) in [6.07, 6.45) is 2.89. The third-order valence-corrected chi connectivity index (χ3v) is 3.34. The lowest BCUT2D eigenvalue weighted by Gasteiger charge is -2.20. The molecule has 0 radical (unpaired) electrons. The number of aromatic nitrogens is 1. The first-order valence-electron chi connectivity index (χ1n) is 6.22. The number of likely N-dealkylation sites (N-methyl/N-ethyl adjacent to an activating group) is 1. The summed E-state index contributed by atoms with van der Waals surface area (Å²) in [6, 6.07) is 11.0. The second-order valence-corrected chi connectivity index (χ2v) is 4.82. The van der Waals surface area contributed by atoms with Crippen LogP contribution in [0.5, 0.6) is 0 Å². The van der Waals surface area contributed by atoms with E-state index in [2.05, 4.69) is 54.5 Å². The number of fused-ring (bicyclic) bond motifs is 1. The van der Waals surface area contributed by atoms with E-state index in [1.165, 1.54) is 16.5 Å². The van der Waals surface area contributed by atoms with Gasteiger partial charge >= 0.3 is 0 Å². The molecule has 0 saturated carbocycles. The first kappa shape index (κ1) is 12.1. The molecule has 1 unspecified atom stereocenters. The van der Waals surface area contributed by atoms with Crippen molar-refractivity contribution in [2.24, 2.45) is 5.92 Å². The van der Waals surface area contributed by atoms with Crippen molar-refractivity contribution in [3.8, 4) is 0 Å². The van der Waals surface area contributed by atoms with Gasteiger partial charge in [0.05, 0.1) is 0 Å². The van der Waals surface area contributed by atoms with Gasteiger partial charge in [0, 0.05) is 29.7 Å². The summed E-state index contributed by atoms with van der Waals surface area (Å²) >= 11 is 0. The molecule has 0 spiro atoms. The van der Waals surface area contributed by atoms with Crippen LogP contribution in [0.2, 0.25) is 0 Å². The standard InChI is InChI=1S/C15H20N2/c1-11(2)14(16-3)10-15-13-7-5-4-6-12(13)8-9-17-15/h4-9,11,14,16H,10H2,1-3H3. The summed E-state index contributed by atoms with van der Waals surface area (Å²) in [4.78, 5) is 4.54. The van der Waals surface area contributed by atoms with E-state index in [4.69, 9.17) is 0 Å². The Kier molecular flexibility index (Phi) is 3.75. The summed E-state index contributed by atoms with van der Waals surface area (Å²) in [7, 11) is 2.02. The van der Waals surface area contributed by atoms with Crippen LogP contribution in [-0.2, 0) is 6.42 Å². The largest absolute Gasteiger partial charge is 0.316 e. The van der Waals surface area contributed by atoms with E-state index in [1.54, 1.807) is 0 Å². The Bertz CT molecular complexity index is 486. The quantitative estimate of drug-likeness (QED) is 0.870. The van der Waals surface area contributed by atoms with Gasteiger partial charge in [-0.2, -0.15) is 0 Å². The molecule has 0 aliphatic carbocycles. The van der Waals surface area contributed by atoms with E-state index >= 15 is 0 Å². The molecule has 0 saturated heterocycles. The van der Waals surface area contributed by atoms with Crippen LogP contribution >= 0.6 is 0 Å². The van der Waals surface area contributed by atoms with Crippen LogP contribution in [0.3, 0.4) is 0 Å². The Morgan fingerprint density at radius 1 is 1.18 bits per heavy atom. The molecule has 0 fully saturated rings. The lowest BCUT2D eigenvalue weighted by atomic mass is 9.97. The van der Waals surface area contributed by atoms with Crippen LogP contribution in [0.15, 0.2) is 36.5 Å². The number of hydrogen-bond acceptors (Lipinski definition) is 2. The normalized spacial score (nSPS) is 13.2. The molecule has 1 heterocycles. The van der Waals surface area contributed by atoms with Gasteiger partial charge in [-0.3, -0.25) is 4.98 Å². The SMILES string of the molecule is CNC(Cc1nccc2ccccc12)C(C)C. The topological polar surface area (TPSA) is 24.9 Å². The van der Waals surface area contributed by atoms with Crippen molar-refractivity contribution in [3.05, 3.63) is 42.2 Å². The van der Waals surface area contributed by atoms with Gasteiger partial charge in [0.15, 0.2) is 0 Å². The molecule has 0 bridgehead atoms. The summed E-state index contributed by atoms with van der Waals surface area (Å²) < 4.78 is 0. The predicted octanol–water partition coefficient (Wildman–Crippen LogP) is 3.02. The van der Waals surface area contributed by atoms with Gasteiger partial charge < -0.3 is 5.32 Å². The monoisotopic (exact) mass is 228 g/mol. The molecule has 1 aromatic heterocycles. The molecule has 0 aliphatic rings. The van der Waals surface area contributed by atoms with Crippen LogP contribution < -0.4 is 5.32 Å². The van der Waals surface area contributed by atoms with Gasteiger partial charge in [-0.15, -0.1) is 0 Å². The Morgan fingerprint density at radius 2 is 1.94 bits per heavy atom. The highest BCUT2D eigenvalue weighted by Gasteiger charge is 2.13. The highest BCUT2D eigenvalue weighted by Crippen LogP contribution is 2.19. The molecule has 0 amide bonds. The maximum atomic E-state index is 4.54. The number of hydrogen-bond donors (Lipinski definition) is 1. The van der Waals surface area contributed by atoms with Gasteiger partial charge in [-0.05, 0) is 24.4 Å². The fourth-order valence-electron chi connectivity index (χ4n) is 2.22. The maximum absolute atomic E-state index is 4.54. The predicted molar refractivity (Wildman–Crippen MR) is 73.1 cm³/mol. The van der Waals surface area contributed by atoms with Crippen molar-refractivity contribution < 1.29 is 0 Å². The van der Waals surface area contributed by atoms with Crippen molar-refractivity contribution in [2.45, 2.75) is 26.3 Å². The molecule has 90 valence electrons. The van der Waals surface area contributed by atoms with Crippen molar-refractivity contribution >= 4 is 10.8 Å². The Morgan fingerprint density at radius 3 is 2.65 bits per heavy atom. The van der Waals surface area contributed by atoms with Crippen LogP contribution in [0, 0.1) is 5.92 Å². The Hall–Kier alpha value is -1.41. The van der Waals surface area contributed by atoms with E-state index in [0.717, 1.165) is 6.42 Å².